The largest absolute Gasteiger partial charge is 0.358 e. The fraction of sp³-hybridized carbons (Fsp3) is 0.909. The molecule has 0 bridgehead atoms. The van der Waals surface area contributed by atoms with Crippen LogP contribution in [0.3, 0.4) is 0 Å². The van der Waals surface area contributed by atoms with Crippen LogP contribution >= 0.6 is 0 Å². The van der Waals surface area contributed by atoms with Crippen LogP contribution in [0, 0.1) is 5.41 Å². The Labute approximate surface area is 103 Å². The molecule has 1 amide bonds. The number of nitrogens with one attached hydrogen (secondary N) is 1. The van der Waals surface area contributed by atoms with Gasteiger partial charge in [-0.25, -0.2) is 8.42 Å². The highest BCUT2D eigenvalue weighted by atomic mass is 32.2. The molecular formula is C11H22N2O3S. The van der Waals surface area contributed by atoms with E-state index >= 15 is 0 Å². The summed E-state index contributed by atoms with van der Waals surface area (Å²) in [7, 11) is -2.02. The van der Waals surface area contributed by atoms with Crippen molar-refractivity contribution in [2.75, 3.05) is 12.8 Å². The topological polar surface area (TPSA) is 89.3 Å². The minimum absolute atomic E-state index is 0.182. The fourth-order valence-electron chi connectivity index (χ4n) is 2.37. The zero-order chi connectivity index (χ0) is 13.3. The molecule has 1 aliphatic carbocycles. The van der Waals surface area contributed by atoms with E-state index in [2.05, 4.69) is 5.32 Å². The Morgan fingerprint density at radius 3 is 2.59 bits per heavy atom. The molecule has 0 aliphatic heterocycles. The molecule has 100 valence electrons. The molecule has 5 nitrogen and oxygen atoms in total. The molecule has 0 aromatic rings. The third kappa shape index (κ3) is 3.19. The van der Waals surface area contributed by atoms with Crippen LogP contribution in [0.5, 0.6) is 0 Å². The molecule has 1 saturated carbocycles. The third-order valence-electron chi connectivity index (χ3n) is 3.69. The van der Waals surface area contributed by atoms with E-state index in [9.17, 15) is 13.2 Å². The van der Waals surface area contributed by atoms with E-state index in [4.69, 9.17) is 5.73 Å². The van der Waals surface area contributed by atoms with Crippen molar-refractivity contribution < 1.29 is 13.2 Å². The molecule has 1 fully saturated rings. The third-order valence-corrected chi connectivity index (χ3v) is 5.80. The first-order chi connectivity index (χ1) is 7.70. The average Bonchev–Trinajstić information content (AvgIpc) is 2.21. The van der Waals surface area contributed by atoms with E-state index in [0.717, 1.165) is 12.8 Å². The lowest BCUT2D eigenvalue weighted by molar-refractivity contribution is -0.118. The molecule has 2 unspecified atom stereocenters. The number of nitrogens with two attached hydrogens (primary N) is 1. The Morgan fingerprint density at radius 2 is 2.06 bits per heavy atom. The van der Waals surface area contributed by atoms with Crippen molar-refractivity contribution in [2.24, 2.45) is 11.1 Å². The fourth-order valence-corrected chi connectivity index (χ4v) is 4.44. The molecule has 0 aromatic heterocycles. The maximum atomic E-state index is 12.1. The maximum absolute atomic E-state index is 12.1. The lowest BCUT2D eigenvalue weighted by Crippen LogP contribution is -2.54. The summed E-state index contributed by atoms with van der Waals surface area (Å²) >= 11 is 0. The van der Waals surface area contributed by atoms with Gasteiger partial charge in [-0.2, -0.15) is 0 Å². The van der Waals surface area contributed by atoms with E-state index in [1.165, 1.54) is 7.05 Å². The van der Waals surface area contributed by atoms with E-state index in [1.807, 2.05) is 13.8 Å². The highest BCUT2D eigenvalue weighted by molar-refractivity contribution is 7.92. The van der Waals surface area contributed by atoms with Crippen LogP contribution < -0.4 is 11.1 Å². The molecule has 0 heterocycles. The second-order valence-corrected chi connectivity index (χ2v) is 7.65. The summed E-state index contributed by atoms with van der Waals surface area (Å²) < 4.78 is 24.2. The maximum Gasteiger partial charge on any atom is 0.234 e. The monoisotopic (exact) mass is 262 g/mol. The standard InChI is InChI=1S/C11H22N2O3S/c1-11(2)6-4-5-8(10(11)12)17(15,16)7-9(14)13-3/h8,10H,4-7,12H2,1-3H3,(H,13,14). The number of carbonyl (C=O) groups is 1. The Kier molecular flexibility index (Phi) is 4.19. The van der Waals surface area contributed by atoms with Crippen LogP contribution in [0.1, 0.15) is 33.1 Å². The van der Waals surface area contributed by atoms with Crippen molar-refractivity contribution in [2.45, 2.75) is 44.4 Å². The summed E-state index contributed by atoms with van der Waals surface area (Å²) in [6, 6.07) is -0.397. The summed E-state index contributed by atoms with van der Waals surface area (Å²) in [6.07, 6.45) is 2.34. The van der Waals surface area contributed by atoms with Crippen LogP contribution in [0.25, 0.3) is 0 Å². The van der Waals surface area contributed by atoms with E-state index in [0.29, 0.717) is 6.42 Å². The average molecular weight is 262 g/mol. The van der Waals surface area contributed by atoms with Gasteiger partial charge in [0.2, 0.25) is 5.91 Å². The first-order valence-electron chi connectivity index (χ1n) is 5.88. The van der Waals surface area contributed by atoms with Crippen LogP contribution in [-0.4, -0.2) is 38.4 Å². The Bertz CT molecular complexity index is 390. The van der Waals surface area contributed by atoms with Crippen LogP contribution in [-0.2, 0) is 14.6 Å². The number of carbonyl (C=O) groups excluding carboxylic acids is 1. The quantitative estimate of drug-likeness (QED) is 0.752. The zero-order valence-corrected chi connectivity index (χ0v) is 11.5. The van der Waals surface area contributed by atoms with Gasteiger partial charge in [-0.1, -0.05) is 20.3 Å². The number of amides is 1. The Morgan fingerprint density at radius 1 is 1.47 bits per heavy atom. The second-order valence-electron chi connectivity index (χ2n) is 5.43. The first kappa shape index (κ1) is 14.4. The molecule has 1 rings (SSSR count). The van der Waals surface area contributed by atoms with Gasteiger partial charge in [-0.15, -0.1) is 0 Å². The van der Waals surface area contributed by atoms with Crippen LogP contribution in [0.4, 0.5) is 0 Å². The summed E-state index contributed by atoms with van der Waals surface area (Å²) in [6.45, 7) is 3.97. The summed E-state index contributed by atoms with van der Waals surface area (Å²) in [5, 5.41) is 1.74. The molecule has 0 spiro atoms. The minimum atomic E-state index is -3.45. The zero-order valence-electron chi connectivity index (χ0n) is 10.7. The molecule has 0 radical (unpaired) electrons. The molecule has 17 heavy (non-hydrogen) atoms. The summed E-state index contributed by atoms with van der Waals surface area (Å²) in [5.41, 5.74) is 5.87. The van der Waals surface area contributed by atoms with Crippen molar-refractivity contribution >= 4 is 15.7 Å². The number of sulfone groups is 1. The van der Waals surface area contributed by atoms with Crippen molar-refractivity contribution in [3.05, 3.63) is 0 Å². The predicted molar refractivity (Wildman–Crippen MR) is 67.2 cm³/mol. The normalized spacial score (nSPS) is 28.7. The number of rotatable bonds is 3. The predicted octanol–water partition coefficient (Wildman–Crippen LogP) is 0.0532. The van der Waals surface area contributed by atoms with Crippen LogP contribution in [0.2, 0.25) is 0 Å². The Balaban J connectivity index is 2.88. The van der Waals surface area contributed by atoms with Gasteiger partial charge in [-0.3, -0.25) is 4.79 Å². The van der Waals surface area contributed by atoms with Gasteiger partial charge >= 0.3 is 0 Å². The van der Waals surface area contributed by atoms with Crippen LogP contribution in [0.15, 0.2) is 0 Å². The van der Waals surface area contributed by atoms with E-state index in [1.54, 1.807) is 0 Å². The number of hydrogen-bond donors (Lipinski definition) is 2. The van der Waals surface area contributed by atoms with Crippen molar-refractivity contribution in [1.29, 1.82) is 0 Å². The summed E-state index contributed by atoms with van der Waals surface area (Å²) in [5.74, 6) is -0.932. The van der Waals surface area contributed by atoms with Crippen molar-refractivity contribution in [3.63, 3.8) is 0 Å². The molecule has 2 atom stereocenters. The van der Waals surface area contributed by atoms with Gasteiger partial charge in [0.05, 0.1) is 5.25 Å². The smallest absolute Gasteiger partial charge is 0.234 e. The second kappa shape index (κ2) is 4.94. The minimum Gasteiger partial charge on any atom is -0.358 e. The molecule has 1 aliphatic rings. The number of hydrogen-bond acceptors (Lipinski definition) is 4. The van der Waals surface area contributed by atoms with Crippen molar-refractivity contribution in [1.82, 2.24) is 5.32 Å². The van der Waals surface area contributed by atoms with E-state index in [-0.39, 0.29) is 5.41 Å². The van der Waals surface area contributed by atoms with Gasteiger partial charge in [0.15, 0.2) is 9.84 Å². The van der Waals surface area contributed by atoms with E-state index < -0.39 is 32.8 Å². The molecule has 0 saturated heterocycles. The lowest BCUT2D eigenvalue weighted by atomic mass is 9.73. The lowest BCUT2D eigenvalue weighted by Gasteiger charge is -2.41. The van der Waals surface area contributed by atoms with Gasteiger partial charge in [0, 0.05) is 13.1 Å². The van der Waals surface area contributed by atoms with Gasteiger partial charge in [-0.05, 0) is 18.3 Å². The highest BCUT2D eigenvalue weighted by Gasteiger charge is 2.43. The van der Waals surface area contributed by atoms with Gasteiger partial charge in [0.25, 0.3) is 0 Å². The molecule has 3 N–H and O–H groups in total. The van der Waals surface area contributed by atoms with Crippen molar-refractivity contribution in [3.8, 4) is 0 Å². The van der Waals surface area contributed by atoms with Gasteiger partial charge in [0.1, 0.15) is 5.75 Å². The molecular weight excluding hydrogens is 240 g/mol. The molecule has 6 heteroatoms. The summed E-state index contributed by atoms with van der Waals surface area (Å²) in [4.78, 5) is 11.2. The first-order valence-corrected chi connectivity index (χ1v) is 7.60. The van der Waals surface area contributed by atoms with Gasteiger partial charge < -0.3 is 11.1 Å². The SMILES string of the molecule is CNC(=O)CS(=O)(=O)C1CCCC(C)(C)C1N. The molecule has 0 aromatic carbocycles. The Hall–Kier alpha value is -0.620. The highest BCUT2D eigenvalue weighted by Crippen LogP contribution is 2.37.